The van der Waals surface area contributed by atoms with Crippen molar-refractivity contribution < 1.29 is 23.6 Å². The van der Waals surface area contributed by atoms with Gasteiger partial charge in [-0.1, -0.05) is 48.5 Å². The summed E-state index contributed by atoms with van der Waals surface area (Å²) in [6.07, 6.45) is 3.51. The van der Waals surface area contributed by atoms with Crippen molar-refractivity contribution in [1.29, 1.82) is 0 Å². The van der Waals surface area contributed by atoms with Crippen LogP contribution in [0.2, 0.25) is 0 Å². The van der Waals surface area contributed by atoms with Crippen molar-refractivity contribution in [3.8, 4) is 22.9 Å². The first kappa shape index (κ1) is 37.3. The van der Waals surface area contributed by atoms with Gasteiger partial charge in [0.05, 0.1) is 11.0 Å². The third-order valence-electron chi connectivity index (χ3n) is 11.0. The summed E-state index contributed by atoms with van der Waals surface area (Å²) in [5.41, 5.74) is 4.86. The van der Waals surface area contributed by atoms with Gasteiger partial charge in [-0.3, -0.25) is 19.2 Å². The molecule has 0 spiro atoms. The smallest absolute Gasteiger partial charge is 0.272 e. The molecule has 9 rings (SSSR count). The summed E-state index contributed by atoms with van der Waals surface area (Å²) in [5, 5.41) is 16.3. The van der Waals surface area contributed by atoms with Crippen LogP contribution in [0.25, 0.3) is 44.7 Å². The zero-order valence-electron chi connectivity index (χ0n) is 32.1. The van der Waals surface area contributed by atoms with Crippen LogP contribution in [0.15, 0.2) is 126 Å². The van der Waals surface area contributed by atoms with Crippen molar-refractivity contribution in [3.63, 3.8) is 0 Å². The van der Waals surface area contributed by atoms with Crippen molar-refractivity contribution >= 4 is 56.8 Å². The second-order valence-electron chi connectivity index (χ2n) is 14.9. The Morgan fingerprint density at radius 3 is 1.41 bits per heavy atom. The number of aromatic nitrogens is 4. The van der Waals surface area contributed by atoms with Crippen LogP contribution in [0, 0.1) is 0 Å². The molecule has 2 aliphatic heterocycles. The van der Waals surface area contributed by atoms with Crippen LogP contribution in [-0.2, 0) is 9.59 Å². The fraction of sp³-hybridized carbons (Fsp3) is 0.217. The minimum atomic E-state index is -0.211. The molecule has 0 saturated carbocycles. The van der Waals surface area contributed by atoms with Crippen LogP contribution in [0.4, 0.5) is 11.4 Å². The van der Waals surface area contributed by atoms with Gasteiger partial charge in [0.15, 0.2) is 0 Å². The standard InChI is InChI=1S/C46H40N8O5/c55-41(27-35-9-5-25-53(35)45(57)39-23-17-29-7-1-3-11-37(29)49-39)47-33-19-13-31(14-20-33)43-51-52-44(59-43)32-15-21-34(22-16-32)48-42(56)28-36-10-6-26-54(36)46(58)40-24-18-30-8-2-4-12-38(30)50-40/h1-4,7-8,11-24,35-36H,5-6,9-10,25-28H2,(H,47,55)(H,48,56)/t35-,36-/m0/s1. The maximum Gasteiger partial charge on any atom is 0.272 e. The van der Waals surface area contributed by atoms with Crippen LogP contribution in [-0.4, -0.2) is 78.8 Å². The molecule has 59 heavy (non-hydrogen) atoms. The van der Waals surface area contributed by atoms with Crippen LogP contribution in [0.1, 0.15) is 59.5 Å². The number of amides is 4. The average molecular weight is 785 g/mol. The molecular formula is C46H40N8O5. The molecule has 294 valence electrons. The van der Waals surface area contributed by atoms with Crippen LogP contribution >= 0.6 is 0 Å². The summed E-state index contributed by atoms with van der Waals surface area (Å²) in [6, 6.07) is 36.5. The Hall–Kier alpha value is -7.28. The topological polar surface area (TPSA) is 164 Å². The molecule has 0 radical (unpaired) electrons. The van der Waals surface area contributed by atoms with E-state index in [-0.39, 0.29) is 48.6 Å². The van der Waals surface area contributed by atoms with Gasteiger partial charge >= 0.3 is 0 Å². The summed E-state index contributed by atoms with van der Waals surface area (Å²) in [6.45, 7) is 1.17. The van der Waals surface area contributed by atoms with Gasteiger partial charge in [-0.15, -0.1) is 10.2 Å². The van der Waals surface area contributed by atoms with E-state index in [1.54, 1.807) is 70.5 Å². The number of carbonyl (C=O) groups is 4. The Labute approximate surface area is 339 Å². The Morgan fingerprint density at radius 2 is 0.966 bits per heavy atom. The van der Waals surface area contributed by atoms with Gasteiger partial charge in [0, 0.05) is 71.3 Å². The molecule has 0 bridgehead atoms. The maximum absolute atomic E-state index is 13.4. The lowest BCUT2D eigenvalue weighted by atomic mass is 10.1. The molecule has 3 aromatic heterocycles. The van der Waals surface area contributed by atoms with E-state index in [2.05, 4.69) is 30.8 Å². The van der Waals surface area contributed by atoms with E-state index in [0.717, 1.165) is 47.5 Å². The van der Waals surface area contributed by atoms with Crippen molar-refractivity contribution in [2.45, 2.75) is 50.6 Å². The molecule has 5 heterocycles. The quantitative estimate of drug-likeness (QED) is 0.141. The average Bonchev–Trinajstić information content (AvgIpc) is 4.06. The van der Waals surface area contributed by atoms with Crippen molar-refractivity contribution in [2.24, 2.45) is 0 Å². The zero-order chi connectivity index (χ0) is 40.3. The highest BCUT2D eigenvalue weighted by Gasteiger charge is 2.33. The van der Waals surface area contributed by atoms with Gasteiger partial charge in [0.2, 0.25) is 23.6 Å². The number of hydrogen-bond donors (Lipinski definition) is 2. The minimum absolute atomic E-state index is 0.162. The number of nitrogens with one attached hydrogen (secondary N) is 2. The summed E-state index contributed by atoms with van der Waals surface area (Å²) < 4.78 is 5.98. The predicted octanol–water partition coefficient (Wildman–Crippen LogP) is 7.77. The van der Waals surface area contributed by atoms with Gasteiger partial charge in [-0.05, 0) is 98.5 Å². The van der Waals surface area contributed by atoms with Gasteiger partial charge in [-0.2, -0.15) is 0 Å². The number of benzene rings is 4. The van der Waals surface area contributed by atoms with Crippen LogP contribution in [0.3, 0.4) is 0 Å². The summed E-state index contributed by atoms with van der Waals surface area (Å²) in [7, 11) is 0. The zero-order valence-corrected chi connectivity index (χ0v) is 32.1. The minimum Gasteiger partial charge on any atom is -0.416 e. The molecule has 7 aromatic rings. The number of carbonyl (C=O) groups excluding carboxylic acids is 4. The van der Waals surface area contributed by atoms with E-state index in [1.807, 2.05) is 60.7 Å². The first-order valence-corrected chi connectivity index (χ1v) is 19.8. The number of hydrogen-bond acceptors (Lipinski definition) is 9. The lowest BCUT2D eigenvalue weighted by Gasteiger charge is -2.24. The number of fused-ring (bicyclic) bond motifs is 2. The molecule has 2 fully saturated rings. The number of anilines is 2. The van der Waals surface area contributed by atoms with Gasteiger partial charge < -0.3 is 24.9 Å². The number of pyridine rings is 2. The fourth-order valence-corrected chi connectivity index (χ4v) is 8.00. The number of likely N-dealkylation sites (tertiary alicyclic amines) is 2. The lowest BCUT2D eigenvalue weighted by molar-refractivity contribution is -0.117. The van der Waals surface area contributed by atoms with Crippen LogP contribution < -0.4 is 10.6 Å². The highest BCUT2D eigenvalue weighted by atomic mass is 16.4. The second-order valence-corrected chi connectivity index (χ2v) is 14.9. The molecule has 2 saturated heterocycles. The molecule has 2 atom stereocenters. The van der Waals surface area contributed by atoms with Crippen molar-refractivity contribution in [1.82, 2.24) is 30.0 Å². The molecule has 13 heteroatoms. The van der Waals surface area contributed by atoms with Crippen molar-refractivity contribution in [2.75, 3.05) is 23.7 Å². The molecule has 2 N–H and O–H groups in total. The first-order valence-electron chi connectivity index (χ1n) is 19.8. The molecule has 2 aliphatic rings. The molecule has 4 aromatic carbocycles. The molecule has 0 unspecified atom stereocenters. The SMILES string of the molecule is O=C(C[C@@H]1CCCN1C(=O)c1ccc2ccccc2n1)Nc1ccc(-c2nnc(-c3ccc(NC(=O)C[C@@H]4CCCN4C(=O)c4ccc5ccccc5n4)cc3)o2)cc1. The van der Waals surface area contributed by atoms with E-state index in [0.29, 0.717) is 58.8 Å². The monoisotopic (exact) mass is 784 g/mol. The molecule has 4 amide bonds. The highest BCUT2D eigenvalue weighted by molar-refractivity contribution is 5.98. The van der Waals surface area contributed by atoms with Gasteiger partial charge in [0.25, 0.3) is 11.8 Å². The third-order valence-corrected chi connectivity index (χ3v) is 11.0. The van der Waals surface area contributed by atoms with E-state index in [4.69, 9.17) is 4.42 Å². The van der Waals surface area contributed by atoms with E-state index < -0.39 is 0 Å². The lowest BCUT2D eigenvalue weighted by Crippen LogP contribution is -2.38. The predicted molar refractivity (Wildman–Crippen MR) is 223 cm³/mol. The van der Waals surface area contributed by atoms with E-state index >= 15 is 0 Å². The Balaban J connectivity index is 0.767. The van der Waals surface area contributed by atoms with Crippen molar-refractivity contribution in [3.05, 3.63) is 133 Å². The maximum atomic E-state index is 13.4. The Kier molecular flexibility index (Phi) is 10.3. The van der Waals surface area contributed by atoms with E-state index in [1.165, 1.54) is 0 Å². The molecular weight excluding hydrogens is 745 g/mol. The highest BCUT2D eigenvalue weighted by Crippen LogP contribution is 2.28. The van der Waals surface area contributed by atoms with Crippen LogP contribution in [0.5, 0.6) is 0 Å². The second kappa shape index (κ2) is 16.3. The number of nitrogens with zero attached hydrogens (tertiary/aromatic N) is 6. The number of rotatable bonds is 10. The van der Waals surface area contributed by atoms with Gasteiger partial charge in [0.1, 0.15) is 11.4 Å². The summed E-state index contributed by atoms with van der Waals surface area (Å²) in [5.74, 6) is -0.0626. The Morgan fingerprint density at radius 1 is 0.542 bits per heavy atom. The number of para-hydroxylation sites is 2. The van der Waals surface area contributed by atoms with E-state index in [9.17, 15) is 19.2 Å². The first-order chi connectivity index (χ1) is 28.8. The molecule has 13 nitrogen and oxygen atoms in total. The largest absolute Gasteiger partial charge is 0.416 e. The molecule has 0 aliphatic carbocycles. The normalized spacial score (nSPS) is 16.4. The summed E-state index contributed by atoms with van der Waals surface area (Å²) >= 11 is 0. The fourth-order valence-electron chi connectivity index (χ4n) is 8.00. The summed E-state index contributed by atoms with van der Waals surface area (Å²) in [4.78, 5) is 65.6. The Bertz CT molecular complexity index is 2510. The third kappa shape index (κ3) is 8.13. The van der Waals surface area contributed by atoms with Gasteiger partial charge in [-0.25, -0.2) is 9.97 Å².